The number of halogens is 2. The number of carbonyl (C=O) groups is 2. The van der Waals surface area contributed by atoms with Crippen LogP contribution in [0.15, 0.2) is 95.9 Å². The lowest BCUT2D eigenvalue weighted by Gasteiger charge is -2.34. The van der Waals surface area contributed by atoms with E-state index in [2.05, 4.69) is 5.32 Å². The molecule has 2 amide bonds. The molecule has 0 fully saturated rings. The first-order valence-electron chi connectivity index (χ1n) is 15.7. The summed E-state index contributed by atoms with van der Waals surface area (Å²) in [5.41, 5.74) is 1.08. The maximum Gasteiger partial charge on any atom is 0.273 e. The van der Waals surface area contributed by atoms with Crippen LogP contribution in [0.5, 0.6) is 5.75 Å². The first-order valence-corrected chi connectivity index (χ1v) is 17.9. The molecule has 0 unspecified atom stereocenters. The standard InChI is InChI=1S/C36H38Cl2N4O7S/c1-24(2)21-39-36(44)34(19-26-9-6-5-7-10-26)40(22-30-31(37)11-8-12-32(30)38)35(43)23-41(27-14-16-28(49-4)17-15-27)50(47,48)29-18-13-25(3)33(20-29)42(45)46/h5-18,20,24,34H,19,21-23H2,1-4H3,(H,39,44)/t34-/m0/s1. The third-order valence-electron chi connectivity index (χ3n) is 7.95. The van der Waals surface area contributed by atoms with Crippen LogP contribution in [-0.2, 0) is 32.6 Å². The number of benzene rings is 4. The summed E-state index contributed by atoms with van der Waals surface area (Å²) >= 11 is 13.1. The molecule has 0 aliphatic rings. The summed E-state index contributed by atoms with van der Waals surface area (Å²) < 4.78 is 34.8. The second kappa shape index (κ2) is 16.8. The van der Waals surface area contributed by atoms with Crippen LogP contribution in [0.4, 0.5) is 11.4 Å². The van der Waals surface area contributed by atoms with Crippen molar-refractivity contribution in [3.05, 3.63) is 128 Å². The largest absolute Gasteiger partial charge is 0.497 e. The molecule has 0 saturated heterocycles. The van der Waals surface area contributed by atoms with Gasteiger partial charge in [-0.2, -0.15) is 0 Å². The number of amides is 2. The highest BCUT2D eigenvalue weighted by molar-refractivity contribution is 7.92. The van der Waals surface area contributed by atoms with Gasteiger partial charge in [-0.1, -0.05) is 79.5 Å². The van der Waals surface area contributed by atoms with Gasteiger partial charge in [0.2, 0.25) is 11.8 Å². The normalized spacial score (nSPS) is 11.9. The Kier molecular flexibility index (Phi) is 12.9. The van der Waals surface area contributed by atoms with Gasteiger partial charge in [0.25, 0.3) is 15.7 Å². The number of nitro benzene ring substituents is 1. The van der Waals surface area contributed by atoms with Crippen molar-refractivity contribution in [2.24, 2.45) is 5.92 Å². The number of hydrogen-bond acceptors (Lipinski definition) is 7. The molecule has 0 bridgehead atoms. The predicted octanol–water partition coefficient (Wildman–Crippen LogP) is 6.83. The Labute approximate surface area is 302 Å². The molecule has 14 heteroatoms. The number of rotatable bonds is 15. The topological polar surface area (TPSA) is 139 Å². The molecule has 0 radical (unpaired) electrons. The summed E-state index contributed by atoms with van der Waals surface area (Å²) in [6.45, 7) is 4.70. The van der Waals surface area contributed by atoms with Crippen molar-refractivity contribution in [2.75, 3.05) is 24.5 Å². The number of aryl methyl sites for hydroxylation is 1. The Morgan fingerprint density at radius 1 is 0.940 bits per heavy atom. The monoisotopic (exact) mass is 740 g/mol. The number of carbonyl (C=O) groups excluding carboxylic acids is 2. The molecule has 11 nitrogen and oxygen atoms in total. The average Bonchev–Trinajstić information content (AvgIpc) is 3.09. The van der Waals surface area contributed by atoms with E-state index in [0.29, 0.717) is 17.9 Å². The number of methoxy groups -OCH3 is 1. The zero-order valence-corrected chi connectivity index (χ0v) is 30.3. The van der Waals surface area contributed by atoms with E-state index in [1.54, 1.807) is 18.2 Å². The Hall–Kier alpha value is -4.65. The molecular formula is C36H38Cl2N4O7S. The fraction of sp³-hybridized carbons (Fsp3) is 0.278. The molecule has 0 aliphatic heterocycles. The van der Waals surface area contributed by atoms with E-state index in [0.717, 1.165) is 15.9 Å². The molecule has 0 heterocycles. The average molecular weight is 742 g/mol. The molecule has 264 valence electrons. The SMILES string of the molecule is COc1ccc(N(CC(=O)N(Cc2c(Cl)cccc2Cl)[C@@H](Cc2ccccc2)C(=O)NCC(C)C)S(=O)(=O)c2ccc(C)c([N+](=O)[O-])c2)cc1. The summed E-state index contributed by atoms with van der Waals surface area (Å²) in [7, 11) is -3.15. The van der Waals surface area contributed by atoms with Crippen molar-refractivity contribution in [3.63, 3.8) is 0 Å². The van der Waals surface area contributed by atoms with Crippen LogP contribution in [0.2, 0.25) is 10.0 Å². The van der Waals surface area contributed by atoms with Gasteiger partial charge < -0.3 is 15.0 Å². The van der Waals surface area contributed by atoms with Crippen LogP contribution in [0.3, 0.4) is 0 Å². The van der Waals surface area contributed by atoms with Gasteiger partial charge in [-0.15, -0.1) is 0 Å². The number of sulfonamides is 1. The van der Waals surface area contributed by atoms with Gasteiger partial charge >= 0.3 is 0 Å². The first kappa shape index (κ1) is 38.2. The van der Waals surface area contributed by atoms with Gasteiger partial charge in [0.1, 0.15) is 18.3 Å². The molecule has 0 spiro atoms. The molecule has 0 aromatic heterocycles. The molecule has 4 aromatic carbocycles. The number of nitrogens with zero attached hydrogens (tertiary/aromatic N) is 3. The summed E-state index contributed by atoms with van der Waals surface area (Å²) in [6.07, 6.45) is 0.0953. The van der Waals surface area contributed by atoms with E-state index in [1.807, 2.05) is 44.2 Å². The highest BCUT2D eigenvalue weighted by Gasteiger charge is 2.36. The smallest absolute Gasteiger partial charge is 0.273 e. The second-order valence-electron chi connectivity index (χ2n) is 12.0. The van der Waals surface area contributed by atoms with Gasteiger partial charge in [-0.25, -0.2) is 8.42 Å². The predicted molar refractivity (Wildman–Crippen MR) is 194 cm³/mol. The third-order valence-corrected chi connectivity index (χ3v) is 10.4. The second-order valence-corrected chi connectivity index (χ2v) is 14.7. The lowest BCUT2D eigenvalue weighted by atomic mass is 10.0. The van der Waals surface area contributed by atoms with Crippen LogP contribution in [0.1, 0.15) is 30.5 Å². The lowest BCUT2D eigenvalue weighted by Crippen LogP contribution is -2.53. The Bertz CT molecular complexity index is 1920. The van der Waals surface area contributed by atoms with E-state index in [4.69, 9.17) is 27.9 Å². The highest BCUT2D eigenvalue weighted by atomic mass is 35.5. The molecule has 50 heavy (non-hydrogen) atoms. The molecule has 4 aromatic rings. The van der Waals surface area contributed by atoms with Crippen LogP contribution in [-0.4, -0.2) is 56.3 Å². The minimum Gasteiger partial charge on any atom is -0.497 e. The molecule has 0 saturated carbocycles. The summed E-state index contributed by atoms with van der Waals surface area (Å²) in [6, 6.07) is 22.4. The number of nitrogens with one attached hydrogen (secondary N) is 1. The number of ether oxygens (including phenoxy) is 1. The van der Waals surface area contributed by atoms with Gasteiger partial charge in [0.05, 0.1) is 22.6 Å². The summed E-state index contributed by atoms with van der Waals surface area (Å²) in [5.74, 6) is -0.661. The number of nitro groups is 1. The fourth-order valence-electron chi connectivity index (χ4n) is 5.18. The highest BCUT2D eigenvalue weighted by Crippen LogP contribution is 2.31. The van der Waals surface area contributed by atoms with E-state index >= 15 is 0 Å². The van der Waals surface area contributed by atoms with Crippen LogP contribution >= 0.6 is 23.2 Å². The Morgan fingerprint density at radius 3 is 2.16 bits per heavy atom. The van der Waals surface area contributed by atoms with Crippen molar-refractivity contribution in [1.82, 2.24) is 10.2 Å². The van der Waals surface area contributed by atoms with E-state index in [9.17, 15) is 28.1 Å². The molecular weight excluding hydrogens is 703 g/mol. The minimum absolute atomic E-state index is 0.0852. The molecule has 4 rings (SSSR count). The van der Waals surface area contributed by atoms with Crippen molar-refractivity contribution >= 4 is 56.4 Å². The lowest BCUT2D eigenvalue weighted by molar-refractivity contribution is -0.385. The molecule has 1 atom stereocenters. The summed E-state index contributed by atoms with van der Waals surface area (Å²) in [5, 5.41) is 15.2. The van der Waals surface area contributed by atoms with Crippen molar-refractivity contribution < 1.29 is 27.7 Å². The Morgan fingerprint density at radius 2 is 1.58 bits per heavy atom. The maximum atomic E-state index is 14.7. The van der Waals surface area contributed by atoms with Crippen molar-refractivity contribution in [3.8, 4) is 5.75 Å². The van der Waals surface area contributed by atoms with Gasteiger partial charge in [-0.05, 0) is 60.9 Å². The zero-order chi connectivity index (χ0) is 36.6. The fourth-order valence-corrected chi connectivity index (χ4v) is 7.13. The summed E-state index contributed by atoms with van der Waals surface area (Å²) in [4.78, 5) is 40.6. The number of anilines is 1. The minimum atomic E-state index is -4.60. The van der Waals surface area contributed by atoms with Gasteiger partial charge in [-0.3, -0.25) is 24.0 Å². The maximum absolute atomic E-state index is 14.7. The van der Waals surface area contributed by atoms with Crippen molar-refractivity contribution in [2.45, 2.75) is 44.7 Å². The van der Waals surface area contributed by atoms with Crippen LogP contribution in [0.25, 0.3) is 0 Å². The van der Waals surface area contributed by atoms with Crippen molar-refractivity contribution in [1.29, 1.82) is 0 Å². The van der Waals surface area contributed by atoms with Gasteiger partial charge in [0, 0.05) is 46.7 Å². The Balaban J connectivity index is 1.87. The van der Waals surface area contributed by atoms with E-state index in [-0.39, 0.29) is 40.2 Å². The van der Waals surface area contributed by atoms with Crippen LogP contribution in [0, 0.1) is 23.0 Å². The van der Waals surface area contributed by atoms with Gasteiger partial charge in [0.15, 0.2) is 0 Å². The third kappa shape index (κ3) is 9.32. The quantitative estimate of drug-likeness (QED) is 0.104. The first-order chi connectivity index (χ1) is 23.7. The van der Waals surface area contributed by atoms with Crippen LogP contribution < -0.4 is 14.4 Å². The molecule has 1 N–H and O–H groups in total. The molecule has 0 aliphatic carbocycles. The van der Waals surface area contributed by atoms with E-state index in [1.165, 1.54) is 55.3 Å². The zero-order valence-electron chi connectivity index (χ0n) is 28.0. The van der Waals surface area contributed by atoms with E-state index < -0.39 is 49.9 Å². The number of hydrogen-bond donors (Lipinski definition) is 1.